The molecule has 1 saturated carbocycles. The molecule has 2 rings (SSSR count). The fourth-order valence-electron chi connectivity index (χ4n) is 3.16. The molecule has 6 nitrogen and oxygen atoms in total. The number of hydrogen-bond acceptors (Lipinski definition) is 4. The van der Waals surface area contributed by atoms with Crippen LogP contribution in [0.1, 0.15) is 49.9 Å². The van der Waals surface area contributed by atoms with Crippen molar-refractivity contribution in [1.29, 1.82) is 0 Å². The van der Waals surface area contributed by atoms with Crippen molar-refractivity contribution in [2.75, 3.05) is 26.0 Å². The van der Waals surface area contributed by atoms with Crippen LogP contribution in [0.4, 0.5) is 10.1 Å². The molecule has 0 saturated heterocycles. The van der Waals surface area contributed by atoms with E-state index in [0.717, 1.165) is 25.7 Å². The topological polar surface area (TPSA) is 78.5 Å². The average Bonchev–Trinajstić information content (AvgIpc) is 2.61. The Hall–Kier alpha value is -1.67. The minimum atomic E-state index is -3.23. The predicted molar refractivity (Wildman–Crippen MR) is 106 cm³/mol. The Bertz CT molecular complexity index is 757. The fraction of sp³-hybridized carbons (Fsp3) is 0.632. The molecule has 1 aliphatic carbocycles. The molecular formula is C19H30FN3O3S. The molecule has 8 heteroatoms. The third kappa shape index (κ3) is 5.90. The number of amides is 1. The van der Waals surface area contributed by atoms with Crippen LogP contribution < -0.4 is 10.0 Å². The summed E-state index contributed by atoms with van der Waals surface area (Å²) in [5.74, 6) is -0.478. The summed E-state index contributed by atoms with van der Waals surface area (Å²) in [5.41, 5.74) is 0.765. The molecule has 0 unspecified atom stereocenters. The van der Waals surface area contributed by atoms with Gasteiger partial charge in [-0.3, -0.25) is 4.79 Å². The number of halogens is 1. The number of nitrogens with zero attached hydrogens (tertiary/aromatic N) is 1. The molecule has 0 atom stereocenters. The van der Waals surface area contributed by atoms with Gasteiger partial charge in [-0.25, -0.2) is 17.5 Å². The maximum atomic E-state index is 13.9. The van der Waals surface area contributed by atoms with Gasteiger partial charge >= 0.3 is 0 Å². The standard InChI is InChI=1S/C19H30FN3O3S/c1-13(2)27(25,26)22-15-7-5-14(6-8-15)12-21-16-9-10-18(20)17(11-16)19(24)23(3)4/h9-11,13-15,21-22H,5-8,12H2,1-4H3. The van der Waals surface area contributed by atoms with E-state index in [9.17, 15) is 17.6 Å². The van der Waals surface area contributed by atoms with Gasteiger partial charge in [-0.15, -0.1) is 0 Å². The third-order valence-electron chi connectivity index (χ3n) is 5.00. The fourth-order valence-corrected chi connectivity index (χ4v) is 4.13. The number of carbonyl (C=O) groups is 1. The molecule has 0 bridgehead atoms. The molecule has 0 aliphatic heterocycles. The van der Waals surface area contributed by atoms with Crippen molar-refractivity contribution in [3.8, 4) is 0 Å². The summed E-state index contributed by atoms with van der Waals surface area (Å²) >= 11 is 0. The van der Waals surface area contributed by atoms with E-state index in [0.29, 0.717) is 18.2 Å². The molecule has 2 N–H and O–H groups in total. The quantitative estimate of drug-likeness (QED) is 0.739. The van der Waals surface area contributed by atoms with Crippen LogP contribution in [0.25, 0.3) is 0 Å². The highest BCUT2D eigenvalue weighted by Crippen LogP contribution is 2.26. The van der Waals surface area contributed by atoms with Gasteiger partial charge < -0.3 is 10.2 Å². The van der Waals surface area contributed by atoms with Crippen LogP contribution in [0.15, 0.2) is 18.2 Å². The molecule has 0 spiro atoms. The van der Waals surface area contributed by atoms with Crippen LogP contribution in [0.2, 0.25) is 0 Å². The van der Waals surface area contributed by atoms with Crippen molar-refractivity contribution in [2.24, 2.45) is 5.92 Å². The molecule has 1 aromatic carbocycles. The summed E-state index contributed by atoms with van der Waals surface area (Å²) in [5, 5.41) is 2.86. The number of nitrogens with one attached hydrogen (secondary N) is 2. The second kappa shape index (κ2) is 9.01. The first-order chi connectivity index (χ1) is 12.6. The second-order valence-electron chi connectivity index (χ2n) is 7.70. The Kier molecular flexibility index (Phi) is 7.22. The highest BCUT2D eigenvalue weighted by atomic mass is 32.2. The second-order valence-corrected chi connectivity index (χ2v) is 9.97. The molecule has 1 aromatic rings. The van der Waals surface area contributed by atoms with Crippen molar-refractivity contribution >= 4 is 21.6 Å². The summed E-state index contributed by atoms with van der Waals surface area (Å²) in [4.78, 5) is 13.4. The van der Waals surface area contributed by atoms with Crippen molar-refractivity contribution in [1.82, 2.24) is 9.62 Å². The van der Waals surface area contributed by atoms with E-state index in [4.69, 9.17) is 0 Å². The zero-order chi connectivity index (χ0) is 20.2. The molecule has 152 valence electrons. The Morgan fingerprint density at radius 2 is 1.85 bits per heavy atom. The van der Waals surface area contributed by atoms with Gasteiger partial charge in [0.05, 0.1) is 10.8 Å². The summed E-state index contributed by atoms with van der Waals surface area (Å²) < 4.78 is 40.6. The van der Waals surface area contributed by atoms with Crippen LogP contribution in [0.3, 0.4) is 0 Å². The monoisotopic (exact) mass is 399 g/mol. The molecule has 1 fully saturated rings. The normalized spacial score (nSPS) is 20.5. The maximum absolute atomic E-state index is 13.9. The zero-order valence-corrected chi connectivity index (χ0v) is 17.3. The molecular weight excluding hydrogens is 369 g/mol. The summed E-state index contributed by atoms with van der Waals surface area (Å²) in [6.07, 6.45) is 3.46. The number of benzene rings is 1. The molecule has 0 heterocycles. The number of anilines is 1. The van der Waals surface area contributed by atoms with Crippen LogP contribution in [-0.4, -0.2) is 51.2 Å². The summed E-state index contributed by atoms with van der Waals surface area (Å²) in [6, 6.07) is 4.48. The first kappa shape index (κ1) is 21.6. The summed E-state index contributed by atoms with van der Waals surface area (Å²) in [7, 11) is -0.0495. The number of rotatable bonds is 7. The van der Waals surface area contributed by atoms with E-state index >= 15 is 0 Å². The SMILES string of the molecule is CC(C)S(=O)(=O)NC1CCC(CNc2ccc(F)c(C(=O)N(C)C)c2)CC1. The lowest BCUT2D eigenvalue weighted by atomic mass is 9.86. The van der Waals surface area contributed by atoms with Crippen molar-refractivity contribution < 1.29 is 17.6 Å². The number of carbonyl (C=O) groups excluding carboxylic acids is 1. The highest BCUT2D eigenvalue weighted by Gasteiger charge is 2.26. The lowest BCUT2D eigenvalue weighted by Gasteiger charge is -2.29. The Balaban J connectivity index is 1.87. The predicted octanol–water partition coefficient (Wildman–Crippen LogP) is 2.83. The molecule has 1 aliphatic rings. The van der Waals surface area contributed by atoms with Gasteiger partial charge in [0.2, 0.25) is 10.0 Å². The Morgan fingerprint density at radius 1 is 1.22 bits per heavy atom. The maximum Gasteiger partial charge on any atom is 0.256 e. The molecule has 1 amide bonds. The zero-order valence-electron chi connectivity index (χ0n) is 16.5. The lowest BCUT2D eigenvalue weighted by molar-refractivity contribution is 0.0823. The van der Waals surface area contributed by atoms with E-state index < -0.39 is 21.1 Å². The average molecular weight is 400 g/mol. The minimum absolute atomic E-state index is 0.00351. The number of sulfonamides is 1. The first-order valence-electron chi connectivity index (χ1n) is 9.36. The van der Waals surface area contributed by atoms with Gasteiger partial charge in [-0.2, -0.15) is 0 Å². The van der Waals surface area contributed by atoms with Gasteiger partial charge in [0.15, 0.2) is 0 Å². The number of hydrogen-bond donors (Lipinski definition) is 2. The van der Waals surface area contributed by atoms with Crippen molar-refractivity contribution in [3.05, 3.63) is 29.6 Å². The Labute approximate surface area is 161 Å². The van der Waals surface area contributed by atoms with Gasteiger partial charge in [0.25, 0.3) is 5.91 Å². The molecule has 0 aromatic heterocycles. The van der Waals surface area contributed by atoms with Gasteiger partial charge in [0, 0.05) is 32.4 Å². The van der Waals surface area contributed by atoms with Crippen LogP contribution in [0.5, 0.6) is 0 Å². The molecule has 27 heavy (non-hydrogen) atoms. The minimum Gasteiger partial charge on any atom is -0.385 e. The largest absolute Gasteiger partial charge is 0.385 e. The van der Waals surface area contributed by atoms with E-state index in [-0.39, 0.29) is 17.5 Å². The third-order valence-corrected chi connectivity index (χ3v) is 6.90. The van der Waals surface area contributed by atoms with E-state index in [1.165, 1.54) is 11.0 Å². The van der Waals surface area contributed by atoms with Gasteiger partial charge in [-0.1, -0.05) is 0 Å². The summed E-state index contributed by atoms with van der Waals surface area (Å²) in [6.45, 7) is 4.07. The van der Waals surface area contributed by atoms with Crippen molar-refractivity contribution in [2.45, 2.75) is 50.8 Å². The highest BCUT2D eigenvalue weighted by molar-refractivity contribution is 7.90. The molecule has 0 radical (unpaired) electrons. The lowest BCUT2D eigenvalue weighted by Crippen LogP contribution is -2.41. The van der Waals surface area contributed by atoms with E-state index in [1.807, 2.05) is 0 Å². The van der Waals surface area contributed by atoms with Gasteiger partial charge in [-0.05, 0) is 63.6 Å². The van der Waals surface area contributed by atoms with Crippen LogP contribution in [-0.2, 0) is 10.0 Å². The van der Waals surface area contributed by atoms with Crippen molar-refractivity contribution in [3.63, 3.8) is 0 Å². The van der Waals surface area contributed by atoms with E-state index in [2.05, 4.69) is 10.0 Å². The van der Waals surface area contributed by atoms with Crippen LogP contribution >= 0.6 is 0 Å². The van der Waals surface area contributed by atoms with Crippen LogP contribution in [0, 0.1) is 11.7 Å². The van der Waals surface area contributed by atoms with E-state index in [1.54, 1.807) is 40.1 Å². The first-order valence-corrected chi connectivity index (χ1v) is 10.9. The smallest absolute Gasteiger partial charge is 0.256 e. The Morgan fingerprint density at radius 3 is 2.41 bits per heavy atom. The van der Waals surface area contributed by atoms with Gasteiger partial charge in [0.1, 0.15) is 5.82 Å².